The Morgan fingerprint density at radius 3 is 2.61 bits per heavy atom. The van der Waals surface area contributed by atoms with E-state index in [2.05, 4.69) is 27.5 Å². The molecule has 0 aliphatic carbocycles. The highest BCUT2D eigenvalue weighted by Crippen LogP contribution is 2.15. The molecule has 0 radical (unpaired) electrons. The zero-order chi connectivity index (χ0) is 15.9. The standard InChI is InChI=1S/C16H21FN4S.HI/c1-4-18-16(19-9-13-7-5-6-8-14(13)17)20-10-15-21-11(2)12(3)22-15;/h5-8H,4,9-10H2,1-3H3,(H2,18,19,20);1H. The van der Waals surface area contributed by atoms with Crippen molar-refractivity contribution >= 4 is 41.3 Å². The molecule has 0 saturated carbocycles. The number of thiazole rings is 1. The number of hydrogen-bond acceptors (Lipinski definition) is 3. The van der Waals surface area contributed by atoms with Crippen LogP contribution in [0.3, 0.4) is 0 Å². The van der Waals surface area contributed by atoms with Crippen LogP contribution in [-0.2, 0) is 13.1 Å². The second-order valence-electron chi connectivity index (χ2n) is 4.89. The summed E-state index contributed by atoms with van der Waals surface area (Å²) in [6.45, 7) is 7.73. The van der Waals surface area contributed by atoms with Crippen molar-refractivity contribution in [3.63, 3.8) is 0 Å². The molecule has 1 heterocycles. The minimum atomic E-state index is -0.228. The Labute approximate surface area is 157 Å². The molecule has 2 aromatic rings. The minimum absolute atomic E-state index is 0. The maximum Gasteiger partial charge on any atom is 0.191 e. The van der Waals surface area contributed by atoms with Gasteiger partial charge in [0.2, 0.25) is 0 Å². The average Bonchev–Trinajstić information content (AvgIpc) is 2.82. The van der Waals surface area contributed by atoms with Crippen LogP contribution in [0.25, 0.3) is 0 Å². The van der Waals surface area contributed by atoms with Crippen molar-refractivity contribution < 1.29 is 4.39 Å². The third-order valence-electron chi connectivity index (χ3n) is 3.19. The fraction of sp³-hybridized carbons (Fsp3) is 0.375. The minimum Gasteiger partial charge on any atom is -0.357 e. The van der Waals surface area contributed by atoms with Crippen LogP contribution >= 0.6 is 35.3 Å². The van der Waals surface area contributed by atoms with Crippen LogP contribution in [-0.4, -0.2) is 17.5 Å². The molecule has 0 aliphatic heterocycles. The number of rotatable bonds is 5. The molecular weight excluding hydrogens is 426 g/mol. The van der Waals surface area contributed by atoms with Crippen LogP contribution in [0.15, 0.2) is 29.3 Å². The second-order valence-corrected chi connectivity index (χ2v) is 6.18. The molecule has 2 rings (SSSR count). The molecular formula is C16H22FIN4S. The second kappa shape index (κ2) is 9.82. The Morgan fingerprint density at radius 1 is 1.26 bits per heavy atom. The van der Waals surface area contributed by atoms with E-state index in [9.17, 15) is 4.39 Å². The zero-order valence-corrected chi connectivity index (χ0v) is 16.7. The highest BCUT2D eigenvalue weighted by atomic mass is 127. The van der Waals surface area contributed by atoms with Gasteiger partial charge in [0.15, 0.2) is 5.96 Å². The molecule has 1 aromatic carbocycles. The number of halogens is 2. The molecule has 126 valence electrons. The molecule has 4 nitrogen and oxygen atoms in total. The SMILES string of the molecule is CCNC(=NCc1ccccc1F)NCc1nc(C)c(C)s1.I. The molecule has 0 fully saturated rings. The van der Waals surface area contributed by atoms with E-state index in [4.69, 9.17) is 0 Å². The fourth-order valence-corrected chi connectivity index (χ4v) is 2.78. The number of aromatic nitrogens is 1. The van der Waals surface area contributed by atoms with E-state index >= 15 is 0 Å². The molecule has 2 N–H and O–H groups in total. The lowest BCUT2D eigenvalue weighted by molar-refractivity contribution is 0.610. The normalized spacial score (nSPS) is 11.0. The van der Waals surface area contributed by atoms with Gasteiger partial charge in [-0.2, -0.15) is 0 Å². The van der Waals surface area contributed by atoms with E-state index in [1.165, 1.54) is 10.9 Å². The van der Waals surface area contributed by atoms with Crippen molar-refractivity contribution in [2.24, 2.45) is 4.99 Å². The molecule has 1 aromatic heterocycles. The quantitative estimate of drug-likeness (QED) is 0.416. The third kappa shape index (κ3) is 6.06. The zero-order valence-electron chi connectivity index (χ0n) is 13.5. The lowest BCUT2D eigenvalue weighted by Gasteiger charge is -2.10. The summed E-state index contributed by atoms with van der Waals surface area (Å²) >= 11 is 1.67. The van der Waals surface area contributed by atoms with Crippen molar-refractivity contribution in [2.75, 3.05) is 6.54 Å². The number of benzene rings is 1. The molecule has 0 atom stereocenters. The van der Waals surface area contributed by atoms with Crippen molar-refractivity contribution in [2.45, 2.75) is 33.9 Å². The van der Waals surface area contributed by atoms with E-state index in [0.717, 1.165) is 17.2 Å². The Balaban J connectivity index is 0.00000264. The molecule has 0 aliphatic rings. The van der Waals surface area contributed by atoms with Gasteiger partial charge in [0.05, 0.1) is 18.8 Å². The lowest BCUT2D eigenvalue weighted by atomic mass is 10.2. The Morgan fingerprint density at radius 2 is 2.00 bits per heavy atom. The molecule has 0 unspecified atom stereocenters. The largest absolute Gasteiger partial charge is 0.357 e. The Kier molecular flexibility index (Phi) is 8.46. The Bertz CT molecular complexity index is 638. The average molecular weight is 448 g/mol. The van der Waals surface area contributed by atoms with Crippen molar-refractivity contribution in [1.82, 2.24) is 15.6 Å². The number of aryl methyl sites for hydroxylation is 2. The number of guanidine groups is 1. The fourth-order valence-electron chi connectivity index (χ4n) is 1.91. The van der Waals surface area contributed by atoms with Crippen molar-refractivity contribution in [1.29, 1.82) is 0 Å². The van der Waals surface area contributed by atoms with Gasteiger partial charge < -0.3 is 10.6 Å². The topological polar surface area (TPSA) is 49.3 Å². The summed E-state index contributed by atoms with van der Waals surface area (Å²) < 4.78 is 13.6. The predicted octanol–water partition coefficient (Wildman–Crippen LogP) is 3.77. The van der Waals surface area contributed by atoms with Crippen LogP contribution in [0.1, 0.15) is 28.1 Å². The van der Waals surface area contributed by atoms with Gasteiger partial charge in [0.1, 0.15) is 10.8 Å². The van der Waals surface area contributed by atoms with Gasteiger partial charge in [-0.1, -0.05) is 18.2 Å². The summed E-state index contributed by atoms with van der Waals surface area (Å²) in [5, 5.41) is 7.41. The number of hydrogen-bond donors (Lipinski definition) is 2. The van der Waals surface area contributed by atoms with Gasteiger partial charge in [-0.3, -0.25) is 0 Å². The highest BCUT2D eigenvalue weighted by molar-refractivity contribution is 14.0. The number of nitrogens with one attached hydrogen (secondary N) is 2. The van der Waals surface area contributed by atoms with Crippen LogP contribution in [0, 0.1) is 19.7 Å². The first-order valence-corrected chi connectivity index (χ1v) is 8.10. The van der Waals surface area contributed by atoms with Gasteiger partial charge in [-0.25, -0.2) is 14.4 Å². The monoisotopic (exact) mass is 448 g/mol. The van der Waals surface area contributed by atoms with Crippen LogP contribution in [0.5, 0.6) is 0 Å². The van der Waals surface area contributed by atoms with Gasteiger partial charge in [-0.05, 0) is 26.8 Å². The van der Waals surface area contributed by atoms with Gasteiger partial charge in [0.25, 0.3) is 0 Å². The summed E-state index contributed by atoms with van der Waals surface area (Å²) in [5.74, 6) is 0.435. The van der Waals surface area contributed by atoms with E-state index < -0.39 is 0 Å². The summed E-state index contributed by atoms with van der Waals surface area (Å²) in [4.78, 5) is 10.1. The van der Waals surface area contributed by atoms with Crippen LogP contribution in [0.4, 0.5) is 4.39 Å². The summed E-state index contributed by atoms with van der Waals surface area (Å²) in [6.07, 6.45) is 0. The predicted molar refractivity (Wildman–Crippen MR) is 105 cm³/mol. The summed E-state index contributed by atoms with van der Waals surface area (Å²) in [7, 11) is 0. The van der Waals surface area contributed by atoms with Crippen molar-refractivity contribution in [3.05, 3.63) is 51.2 Å². The summed E-state index contributed by atoms with van der Waals surface area (Å²) in [6, 6.07) is 6.69. The molecule has 23 heavy (non-hydrogen) atoms. The van der Waals surface area contributed by atoms with E-state index in [0.29, 0.717) is 24.6 Å². The van der Waals surface area contributed by atoms with Crippen LogP contribution in [0.2, 0.25) is 0 Å². The third-order valence-corrected chi connectivity index (χ3v) is 4.26. The highest BCUT2D eigenvalue weighted by Gasteiger charge is 2.05. The van der Waals surface area contributed by atoms with Gasteiger partial charge in [-0.15, -0.1) is 35.3 Å². The van der Waals surface area contributed by atoms with Gasteiger partial charge in [0, 0.05) is 17.0 Å². The van der Waals surface area contributed by atoms with E-state index in [1.54, 1.807) is 23.5 Å². The number of aliphatic imine (C=N–C) groups is 1. The molecule has 0 bridgehead atoms. The first-order valence-electron chi connectivity index (χ1n) is 7.28. The molecule has 0 spiro atoms. The van der Waals surface area contributed by atoms with Crippen molar-refractivity contribution in [3.8, 4) is 0 Å². The first-order chi connectivity index (χ1) is 10.6. The maximum atomic E-state index is 13.6. The number of nitrogens with zero attached hydrogens (tertiary/aromatic N) is 2. The smallest absolute Gasteiger partial charge is 0.191 e. The van der Waals surface area contributed by atoms with E-state index in [1.807, 2.05) is 19.9 Å². The molecule has 7 heteroatoms. The Hall–Kier alpha value is -1.22. The summed E-state index contributed by atoms with van der Waals surface area (Å²) in [5.41, 5.74) is 1.65. The maximum absolute atomic E-state index is 13.6. The first kappa shape index (κ1) is 19.8. The molecule has 0 saturated heterocycles. The van der Waals surface area contributed by atoms with Crippen LogP contribution < -0.4 is 10.6 Å². The lowest BCUT2D eigenvalue weighted by Crippen LogP contribution is -2.36. The van der Waals surface area contributed by atoms with Gasteiger partial charge >= 0.3 is 0 Å². The van der Waals surface area contributed by atoms with E-state index in [-0.39, 0.29) is 29.8 Å². The molecule has 0 amide bonds.